The molecule has 0 aliphatic carbocycles. The third kappa shape index (κ3) is 24.0. The van der Waals surface area contributed by atoms with Crippen molar-refractivity contribution in [2.24, 2.45) is 0 Å². The maximum absolute atomic E-state index is 11.5. The first kappa shape index (κ1) is 36.6. The Balaban J connectivity index is -0.000000419. The summed E-state index contributed by atoms with van der Waals surface area (Å²) in [5, 5.41) is 4.16. The van der Waals surface area contributed by atoms with Gasteiger partial charge in [-0.3, -0.25) is 9.59 Å². The Morgan fingerprint density at radius 3 is 1.63 bits per heavy atom. The maximum Gasteiger partial charge on any atom is 0.373 e. The molecule has 1 amide bonds. The lowest BCUT2D eigenvalue weighted by atomic mass is 10.2. The number of anilines is 2. The first-order valence-corrected chi connectivity index (χ1v) is 11.3. The Kier molecular flexibility index (Phi) is 26.8. The molecule has 0 spiro atoms. The second-order valence-electron chi connectivity index (χ2n) is 6.21. The molecule has 2 rings (SSSR count). The molecule has 0 unspecified atom stereocenters. The van der Waals surface area contributed by atoms with Crippen LogP contribution in [-0.2, 0) is 28.8 Å². The highest BCUT2D eigenvalue weighted by Gasteiger charge is 2.09. The van der Waals surface area contributed by atoms with Crippen molar-refractivity contribution in [3.63, 3.8) is 0 Å². The highest BCUT2D eigenvalue weighted by Crippen LogP contribution is 2.19. The lowest BCUT2D eigenvalue weighted by molar-refractivity contribution is -0.193. The Hall–Kier alpha value is -2.99. The highest BCUT2D eigenvalue weighted by atomic mass is 35.5. The molecule has 0 aliphatic rings. The number of amides is 1. The molecule has 1 N–H and O–H groups in total. The van der Waals surface area contributed by atoms with Crippen LogP contribution in [0, 0.1) is 0 Å². The Morgan fingerprint density at radius 2 is 1.31 bits per heavy atom. The lowest BCUT2D eigenvalue weighted by Gasteiger charge is -2.16. The van der Waals surface area contributed by atoms with E-state index in [0.717, 1.165) is 29.2 Å². The molecule has 0 saturated carbocycles. The second-order valence-corrected chi connectivity index (χ2v) is 7.51. The number of nitrogens with one attached hydrogen (secondary N) is 1. The van der Waals surface area contributed by atoms with Gasteiger partial charge in [0.1, 0.15) is 0 Å². The van der Waals surface area contributed by atoms with E-state index < -0.39 is 0 Å². The lowest BCUT2D eigenvalue weighted by Crippen LogP contribution is -2.25. The van der Waals surface area contributed by atoms with Gasteiger partial charge in [0.05, 0.1) is 0 Å². The second kappa shape index (κ2) is 25.6. The summed E-state index contributed by atoms with van der Waals surface area (Å²) in [6.07, 6.45) is 3.29. The minimum atomic E-state index is -0.238. The number of carbonyl (C=O) groups excluding carboxylic acids is 6. The minimum Gasteiger partial charge on any atom is -0.388 e. The quantitative estimate of drug-likeness (QED) is 0.449. The smallest absolute Gasteiger partial charge is 0.373 e. The summed E-state index contributed by atoms with van der Waals surface area (Å²) >= 11 is 16.5. The van der Waals surface area contributed by atoms with Crippen molar-refractivity contribution in [1.29, 1.82) is 0 Å². The average Bonchev–Trinajstić information content (AvgIpc) is 2.80. The summed E-state index contributed by atoms with van der Waals surface area (Å²) in [5.41, 5.74) is 1.89. The number of carbonyl (C=O) groups is 2. The van der Waals surface area contributed by atoms with E-state index >= 15 is 0 Å². The van der Waals surface area contributed by atoms with Gasteiger partial charge in [-0.1, -0.05) is 49.2 Å². The van der Waals surface area contributed by atoms with Gasteiger partial charge in [0.15, 0.2) is 0 Å². The molecule has 0 saturated heterocycles. The van der Waals surface area contributed by atoms with Crippen molar-refractivity contribution < 1.29 is 28.8 Å². The number of halogens is 3. The van der Waals surface area contributed by atoms with Crippen molar-refractivity contribution >= 4 is 69.6 Å². The minimum absolute atomic E-state index is 0.120. The van der Waals surface area contributed by atoms with Gasteiger partial charge in [0.2, 0.25) is 11.1 Å². The zero-order valence-corrected chi connectivity index (χ0v) is 22.2. The van der Waals surface area contributed by atoms with Crippen LogP contribution in [0.15, 0.2) is 48.5 Å². The molecule has 0 radical (unpaired) electrons. The SMILES string of the molecule is CCCC(=O)Cl.CCCC(=O)N(C)c1cccc(Cl)c1.CNc1cccc(Cl)c1.O=C=O.O=C=O. The van der Waals surface area contributed by atoms with Gasteiger partial charge >= 0.3 is 12.3 Å². The summed E-state index contributed by atoms with van der Waals surface area (Å²) < 4.78 is 0. The van der Waals surface area contributed by atoms with Crippen molar-refractivity contribution in [3.8, 4) is 0 Å². The molecule has 35 heavy (non-hydrogen) atoms. The van der Waals surface area contributed by atoms with Crippen LogP contribution in [0.2, 0.25) is 10.0 Å². The predicted molar refractivity (Wildman–Crippen MR) is 137 cm³/mol. The first-order chi connectivity index (χ1) is 16.6. The van der Waals surface area contributed by atoms with E-state index in [-0.39, 0.29) is 23.5 Å². The van der Waals surface area contributed by atoms with E-state index in [1.165, 1.54) is 0 Å². The van der Waals surface area contributed by atoms with E-state index in [9.17, 15) is 9.59 Å². The third-order valence-electron chi connectivity index (χ3n) is 3.59. The molecule has 0 fully saturated rings. The largest absolute Gasteiger partial charge is 0.388 e. The van der Waals surface area contributed by atoms with Gasteiger partial charge in [0, 0.05) is 48.4 Å². The van der Waals surface area contributed by atoms with Crippen molar-refractivity contribution in [2.75, 3.05) is 24.3 Å². The van der Waals surface area contributed by atoms with Crippen LogP contribution < -0.4 is 10.2 Å². The van der Waals surface area contributed by atoms with Crippen LogP contribution >= 0.6 is 34.8 Å². The summed E-state index contributed by atoms with van der Waals surface area (Å²) in [6.45, 7) is 3.91. The highest BCUT2D eigenvalue weighted by molar-refractivity contribution is 6.63. The Labute approximate surface area is 220 Å². The molecule has 0 aliphatic heterocycles. The van der Waals surface area contributed by atoms with Crippen molar-refractivity contribution in [1.82, 2.24) is 0 Å². The van der Waals surface area contributed by atoms with Gasteiger partial charge in [-0.25, -0.2) is 0 Å². The van der Waals surface area contributed by atoms with Gasteiger partial charge in [-0.15, -0.1) is 0 Å². The summed E-state index contributed by atoms with van der Waals surface area (Å²) in [6, 6.07) is 14.9. The third-order valence-corrected chi connectivity index (χ3v) is 4.25. The maximum atomic E-state index is 11.5. The predicted octanol–water partition coefficient (Wildman–Crippen LogP) is 5.87. The molecule has 0 atom stereocenters. The van der Waals surface area contributed by atoms with Gasteiger partial charge in [0.25, 0.3) is 0 Å². The molecule has 0 bridgehead atoms. The van der Waals surface area contributed by atoms with E-state index in [2.05, 4.69) is 5.32 Å². The fraction of sp³-hybridized carbons (Fsp3) is 0.333. The van der Waals surface area contributed by atoms with Gasteiger partial charge < -0.3 is 10.2 Å². The van der Waals surface area contributed by atoms with Gasteiger partial charge in [-0.2, -0.15) is 19.2 Å². The molecule has 192 valence electrons. The summed E-state index contributed by atoms with van der Waals surface area (Å²) in [4.78, 5) is 55.5. The fourth-order valence-electron chi connectivity index (χ4n) is 2.05. The first-order valence-electron chi connectivity index (χ1n) is 10.2. The normalized spacial score (nSPS) is 8.20. The Morgan fingerprint density at radius 1 is 0.857 bits per heavy atom. The van der Waals surface area contributed by atoms with Crippen molar-refractivity contribution in [3.05, 3.63) is 58.6 Å². The zero-order chi connectivity index (χ0) is 27.6. The number of hydrogen-bond acceptors (Lipinski definition) is 7. The molecule has 0 heterocycles. The average molecular weight is 548 g/mol. The molecule has 2 aromatic carbocycles. The number of hydrogen-bond donors (Lipinski definition) is 1. The van der Waals surface area contributed by atoms with Crippen LogP contribution in [0.25, 0.3) is 0 Å². The summed E-state index contributed by atoms with van der Waals surface area (Å²) in [5.74, 6) is 0.120. The molecule has 11 heteroatoms. The zero-order valence-electron chi connectivity index (χ0n) is 20.0. The van der Waals surface area contributed by atoms with Crippen LogP contribution in [0.1, 0.15) is 39.5 Å². The molecule has 2 aromatic rings. The van der Waals surface area contributed by atoms with E-state index in [4.69, 9.17) is 54.0 Å². The van der Waals surface area contributed by atoms with Crippen molar-refractivity contribution in [2.45, 2.75) is 39.5 Å². The summed E-state index contributed by atoms with van der Waals surface area (Å²) in [7, 11) is 3.63. The van der Waals surface area contributed by atoms with Crippen LogP contribution in [0.3, 0.4) is 0 Å². The standard InChI is InChI=1S/C11H14ClNO.C7H8ClN.C4H7ClO.2CO2/c1-3-5-11(14)13(2)10-7-4-6-9(12)8-10;1-9-7-4-2-3-6(8)5-7;1-2-3-4(5)6;2*2-1-3/h4,6-8H,3,5H2,1-2H3;2-5,9H,1H3;2-3H2,1H3;;. The fourth-order valence-corrected chi connectivity index (χ4v) is 2.61. The molecule has 0 aromatic heterocycles. The van der Waals surface area contributed by atoms with E-state index in [0.29, 0.717) is 17.9 Å². The number of benzene rings is 2. The Bertz CT molecular complexity index is 917. The molecular formula is C24H29Cl3N2O6. The molecule has 8 nitrogen and oxygen atoms in total. The molecular weight excluding hydrogens is 519 g/mol. The number of nitrogens with zero attached hydrogens (tertiary/aromatic N) is 1. The number of rotatable bonds is 6. The van der Waals surface area contributed by atoms with Crippen LogP contribution in [0.5, 0.6) is 0 Å². The monoisotopic (exact) mass is 546 g/mol. The van der Waals surface area contributed by atoms with E-state index in [1.807, 2.05) is 57.3 Å². The topological polar surface area (TPSA) is 118 Å². The van der Waals surface area contributed by atoms with Gasteiger partial charge in [-0.05, 0) is 60.8 Å². The van der Waals surface area contributed by atoms with Crippen LogP contribution in [-0.4, -0.2) is 37.5 Å². The van der Waals surface area contributed by atoms with E-state index in [1.54, 1.807) is 24.1 Å². The van der Waals surface area contributed by atoms with Crippen LogP contribution in [0.4, 0.5) is 11.4 Å².